The summed E-state index contributed by atoms with van der Waals surface area (Å²) >= 11 is 0. The van der Waals surface area contributed by atoms with Gasteiger partial charge in [-0.25, -0.2) is 0 Å². The lowest BCUT2D eigenvalue weighted by atomic mass is 10.5. The van der Waals surface area contributed by atoms with E-state index in [0.717, 1.165) is 6.42 Å². The molecule has 0 bridgehead atoms. The van der Waals surface area contributed by atoms with Crippen molar-refractivity contribution < 1.29 is 15.3 Å². The molecule has 0 heterocycles. The molecule has 0 saturated heterocycles. The maximum Gasteiger partial charge on any atom is 0.237 e. The third kappa shape index (κ3) is 86.8. The normalized spacial score (nSPS) is 6.12. The zero-order valence-electron chi connectivity index (χ0n) is 4.76. The topological polar surface area (TPSA) is 91.7 Å². The van der Waals surface area contributed by atoms with Gasteiger partial charge in [-0.15, -0.1) is 0 Å². The fourth-order valence-corrected chi connectivity index (χ4v) is 0. The summed E-state index contributed by atoms with van der Waals surface area (Å²) in [6.07, 6.45) is 0.778. The molecule has 4 heteroatoms. The van der Waals surface area contributed by atoms with Crippen molar-refractivity contribution in [1.82, 2.24) is 0 Å². The Hall–Kier alpha value is -1.06. The van der Waals surface area contributed by atoms with E-state index in [0.29, 0.717) is 5.84 Å². The lowest BCUT2D eigenvalue weighted by molar-refractivity contribution is -0.283. The summed E-state index contributed by atoms with van der Waals surface area (Å²) in [6.45, 7) is 1.41. The van der Waals surface area contributed by atoms with Crippen LogP contribution in [0.1, 0.15) is 13.3 Å². The predicted molar refractivity (Wildman–Crippen MR) is 27.5 cm³/mol. The average molecular weight is 118 g/mol. The monoisotopic (exact) mass is 118 g/mol. The van der Waals surface area contributed by atoms with Gasteiger partial charge >= 0.3 is 0 Å². The molecule has 8 heavy (non-hydrogen) atoms. The highest BCUT2D eigenvalue weighted by atomic mass is 16.3. The van der Waals surface area contributed by atoms with Crippen LogP contribution in [0.4, 0.5) is 0 Å². The van der Waals surface area contributed by atoms with Crippen molar-refractivity contribution in [3.05, 3.63) is 0 Å². The Morgan fingerprint density at radius 1 is 2.00 bits per heavy atom. The quantitative estimate of drug-likeness (QED) is 0.217. The Morgan fingerprint density at radius 3 is 2.12 bits per heavy atom. The molecular weight excluding hydrogens is 108 g/mol. The van der Waals surface area contributed by atoms with E-state index in [9.17, 15) is 0 Å². The van der Waals surface area contributed by atoms with E-state index in [-0.39, 0.29) is 0 Å². The summed E-state index contributed by atoms with van der Waals surface area (Å²) in [7, 11) is 0. The Kier molecular flexibility index (Phi) is 11.7. The molecule has 0 amide bonds. The van der Waals surface area contributed by atoms with Crippen molar-refractivity contribution in [2.24, 2.45) is 5.73 Å². The van der Waals surface area contributed by atoms with Crippen LogP contribution in [0, 0.1) is 0 Å². The molecule has 48 valence electrons. The summed E-state index contributed by atoms with van der Waals surface area (Å²) in [5.41, 5.74) is 4.99. The van der Waals surface area contributed by atoms with Gasteiger partial charge < -0.3 is 9.90 Å². The summed E-state index contributed by atoms with van der Waals surface area (Å²) in [6, 6.07) is 0. The second-order valence-electron chi connectivity index (χ2n) is 1.02. The van der Waals surface area contributed by atoms with Gasteiger partial charge in [0, 0.05) is 12.9 Å². The Labute approximate surface area is 47.8 Å². The number of rotatable bonds is 1. The van der Waals surface area contributed by atoms with Gasteiger partial charge in [0.05, 0.1) is 0 Å². The van der Waals surface area contributed by atoms with E-state index in [4.69, 9.17) is 21.0 Å². The van der Waals surface area contributed by atoms with E-state index in [1.165, 1.54) is 0 Å². The molecule has 0 radical (unpaired) electrons. The van der Waals surface area contributed by atoms with Gasteiger partial charge in [0.1, 0.15) is 0 Å². The summed E-state index contributed by atoms with van der Waals surface area (Å²) in [4.78, 5) is 8.25. The first-order valence-electron chi connectivity index (χ1n) is 2.11. The number of hydrogen-bond donors (Lipinski definition) is 2. The standard InChI is InChI=1S/C3H8N2.CH2O2/c1-2-3(4)5;2-1-3/h2H2,1H3,(H3,4,5);1H,(H,2,3). The molecule has 0 saturated carbocycles. The van der Waals surface area contributed by atoms with Crippen LogP contribution in [-0.2, 0) is 4.79 Å². The molecule has 0 spiro atoms. The van der Waals surface area contributed by atoms with Crippen molar-refractivity contribution in [1.29, 1.82) is 0 Å². The first-order chi connectivity index (χ1) is 3.68. The first-order valence-corrected chi connectivity index (χ1v) is 2.11. The SMILES string of the molecule is CCC(N)=[NH2+].O=C[O-]. The number of carbonyl (C=O) groups is 1. The number of amidine groups is 1. The average Bonchev–Trinajstić information content (AvgIpc) is 1.69. The van der Waals surface area contributed by atoms with Gasteiger partial charge in [-0.05, 0) is 0 Å². The summed E-state index contributed by atoms with van der Waals surface area (Å²) in [5, 5.41) is 13.2. The third-order valence-electron chi connectivity index (χ3n) is 0.408. The number of hydrogen-bond acceptors (Lipinski definition) is 2. The van der Waals surface area contributed by atoms with Crippen LogP contribution >= 0.6 is 0 Å². The van der Waals surface area contributed by atoms with E-state index < -0.39 is 6.47 Å². The fraction of sp³-hybridized carbons (Fsp3) is 0.500. The largest absolute Gasteiger partial charge is 0.554 e. The molecule has 0 aromatic rings. The minimum atomic E-state index is -0.500. The smallest absolute Gasteiger partial charge is 0.237 e. The van der Waals surface area contributed by atoms with Crippen LogP contribution < -0.4 is 16.2 Å². The molecule has 0 aromatic heterocycles. The Bertz CT molecular complexity index is 72.4. The van der Waals surface area contributed by atoms with E-state index in [1.54, 1.807) is 0 Å². The van der Waals surface area contributed by atoms with Crippen LogP contribution in [0.5, 0.6) is 0 Å². The molecule has 0 aliphatic carbocycles. The zero-order chi connectivity index (χ0) is 6.99. The fourth-order valence-electron chi connectivity index (χ4n) is 0. The highest BCUT2D eigenvalue weighted by Crippen LogP contribution is 1.59. The van der Waals surface area contributed by atoms with Crippen LogP contribution in [-0.4, -0.2) is 12.3 Å². The number of carboxylic acid groups (broad SMARTS) is 1. The van der Waals surface area contributed by atoms with Crippen molar-refractivity contribution in [3.63, 3.8) is 0 Å². The van der Waals surface area contributed by atoms with E-state index >= 15 is 0 Å². The summed E-state index contributed by atoms with van der Waals surface area (Å²) < 4.78 is 0. The van der Waals surface area contributed by atoms with Crippen LogP contribution in [0.15, 0.2) is 0 Å². The van der Waals surface area contributed by atoms with Crippen LogP contribution in [0.3, 0.4) is 0 Å². The minimum absolute atomic E-state index is 0.500. The molecule has 4 N–H and O–H groups in total. The van der Waals surface area contributed by atoms with Crippen LogP contribution in [0.25, 0.3) is 0 Å². The molecule has 0 fully saturated rings. The number of nitrogens with two attached hydrogens (primary N) is 2. The maximum absolute atomic E-state index is 8.25. The molecule has 0 unspecified atom stereocenters. The van der Waals surface area contributed by atoms with Gasteiger partial charge in [0.15, 0.2) is 0 Å². The molecule has 0 aliphatic heterocycles. The Morgan fingerprint density at radius 2 is 2.12 bits per heavy atom. The predicted octanol–water partition coefficient (Wildman–Crippen LogP) is -3.12. The summed E-state index contributed by atoms with van der Waals surface area (Å²) in [5.74, 6) is 0.505. The third-order valence-corrected chi connectivity index (χ3v) is 0.408. The van der Waals surface area contributed by atoms with Crippen molar-refractivity contribution in [3.8, 4) is 0 Å². The minimum Gasteiger partial charge on any atom is -0.554 e. The van der Waals surface area contributed by atoms with Crippen molar-refractivity contribution in [2.45, 2.75) is 13.3 Å². The second kappa shape index (κ2) is 9.34. The highest BCUT2D eigenvalue weighted by Gasteiger charge is 1.79. The second-order valence-corrected chi connectivity index (χ2v) is 1.02. The van der Waals surface area contributed by atoms with Gasteiger partial charge in [-0.1, -0.05) is 6.92 Å². The molecular formula is C4H10N2O2. The van der Waals surface area contributed by atoms with Gasteiger partial charge in [-0.3, -0.25) is 11.1 Å². The molecule has 0 aromatic carbocycles. The molecule has 0 rings (SSSR count). The lowest BCUT2D eigenvalue weighted by Crippen LogP contribution is -2.44. The van der Waals surface area contributed by atoms with E-state index in [2.05, 4.69) is 0 Å². The van der Waals surface area contributed by atoms with Crippen LogP contribution in [0.2, 0.25) is 0 Å². The Balaban J connectivity index is 0. The number of carbonyl (C=O) groups excluding carboxylic acids is 1. The molecule has 0 atom stereocenters. The molecule has 0 aliphatic rings. The first kappa shape index (κ1) is 10.0. The van der Waals surface area contributed by atoms with Gasteiger partial charge in [0.25, 0.3) is 0 Å². The van der Waals surface area contributed by atoms with Gasteiger partial charge in [0.2, 0.25) is 5.84 Å². The highest BCUT2D eigenvalue weighted by molar-refractivity contribution is 5.73. The lowest BCUT2D eigenvalue weighted by Gasteiger charge is -1.70. The van der Waals surface area contributed by atoms with E-state index in [1.807, 2.05) is 6.92 Å². The molecule has 4 nitrogen and oxygen atoms in total. The van der Waals surface area contributed by atoms with Crippen molar-refractivity contribution >= 4 is 12.3 Å². The zero-order valence-corrected chi connectivity index (χ0v) is 4.76. The maximum atomic E-state index is 8.25. The van der Waals surface area contributed by atoms with Gasteiger partial charge in [-0.2, -0.15) is 0 Å². The van der Waals surface area contributed by atoms with Crippen molar-refractivity contribution in [2.75, 3.05) is 0 Å².